The van der Waals surface area contributed by atoms with Crippen LogP contribution in [0.25, 0.3) is 0 Å². The van der Waals surface area contributed by atoms with Gasteiger partial charge in [-0.05, 0) is 37.6 Å². The molecule has 1 amide bonds. The van der Waals surface area contributed by atoms with Gasteiger partial charge >= 0.3 is 0 Å². The van der Waals surface area contributed by atoms with Gasteiger partial charge in [-0.25, -0.2) is 0 Å². The Kier molecular flexibility index (Phi) is 4.78. The summed E-state index contributed by atoms with van der Waals surface area (Å²) in [6.07, 6.45) is 2.89. The minimum atomic E-state index is 0.256. The van der Waals surface area contributed by atoms with E-state index in [1.54, 1.807) is 0 Å². The highest BCUT2D eigenvalue weighted by molar-refractivity contribution is 9.10. The largest absolute Gasteiger partial charge is 0.335 e. The van der Waals surface area contributed by atoms with Crippen LogP contribution in [0.4, 0.5) is 0 Å². The standard InChI is InChI=1S/C14H19BrN2O/c1-16-8-7-14(18)17(13-5-6-13)10-11-3-2-4-12(15)9-11/h2-4,9,13,16H,5-8,10H2,1H3. The zero-order valence-corrected chi connectivity index (χ0v) is 12.2. The molecule has 0 heterocycles. The number of carbonyl (C=O) groups is 1. The molecule has 0 atom stereocenters. The average molecular weight is 311 g/mol. The van der Waals surface area contributed by atoms with Gasteiger partial charge in [0.1, 0.15) is 0 Å². The molecule has 0 aromatic heterocycles. The molecule has 1 N–H and O–H groups in total. The molecule has 0 spiro atoms. The number of hydrogen-bond acceptors (Lipinski definition) is 2. The van der Waals surface area contributed by atoms with Crippen LogP contribution in [0.3, 0.4) is 0 Å². The molecule has 1 aliphatic carbocycles. The van der Waals surface area contributed by atoms with E-state index >= 15 is 0 Å². The number of amides is 1. The van der Waals surface area contributed by atoms with Crippen LogP contribution in [0.2, 0.25) is 0 Å². The van der Waals surface area contributed by atoms with Crippen LogP contribution in [0.15, 0.2) is 28.7 Å². The van der Waals surface area contributed by atoms with Gasteiger partial charge in [0.05, 0.1) is 0 Å². The van der Waals surface area contributed by atoms with E-state index in [1.807, 2.05) is 24.1 Å². The summed E-state index contributed by atoms with van der Waals surface area (Å²) in [6.45, 7) is 1.48. The summed E-state index contributed by atoms with van der Waals surface area (Å²) >= 11 is 3.47. The highest BCUT2D eigenvalue weighted by atomic mass is 79.9. The monoisotopic (exact) mass is 310 g/mol. The van der Waals surface area contributed by atoms with E-state index in [0.717, 1.165) is 30.4 Å². The highest BCUT2D eigenvalue weighted by Gasteiger charge is 2.31. The predicted molar refractivity (Wildman–Crippen MR) is 76.3 cm³/mol. The van der Waals surface area contributed by atoms with Crippen molar-refractivity contribution in [3.8, 4) is 0 Å². The van der Waals surface area contributed by atoms with Crippen LogP contribution in [0.1, 0.15) is 24.8 Å². The topological polar surface area (TPSA) is 32.3 Å². The Morgan fingerprint density at radius 1 is 1.50 bits per heavy atom. The first-order chi connectivity index (χ1) is 8.70. The van der Waals surface area contributed by atoms with Crippen molar-refractivity contribution in [1.29, 1.82) is 0 Å². The minimum absolute atomic E-state index is 0.256. The highest BCUT2D eigenvalue weighted by Crippen LogP contribution is 2.29. The fourth-order valence-electron chi connectivity index (χ4n) is 2.01. The number of hydrogen-bond donors (Lipinski definition) is 1. The quantitative estimate of drug-likeness (QED) is 0.876. The van der Waals surface area contributed by atoms with Crippen molar-refractivity contribution < 1.29 is 4.79 Å². The fraction of sp³-hybridized carbons (Fsp3) is 0.500. The second-order valence-electron chi connectivity index (χ2n) is 4.74. The summed E-state index contributed by atoms with van der Waals surface area (Å²) in [5, 5.41) is 3.03. The Hall–Kier alpha value is -0.870. The van der Waals surface area contributed by atoms with Gasteiger partial charge in [-0.1, -0.05) is 28.1 Å². The van der Waals surface area contributed by atoms with E-state index in [9.17, 15) is 4.79 Å². The van der Waals surface area contributed by atoms with E-state index < -0.39 is 0 Å². The number of nitrogens with zero attached hydrogens (tertiary/aromatic N) is 1. The summed E-state index contributed by atoms with van der Waals surface area (Å²) in [5.74, 6) is 0.256. The number of nitrogens with one attached hydrogen (secondary N) is 1. The second-order valence-corrected chi connectivity index (χ2v) is 5.65. The van der Waals surface area contributed by atoms with Crippen LogP contribution in [-0.2, 0) is 11.3 Å². The minimum Gasteiger partial charge on any atom is -0.335 e. The van der Waals surface area contributed by atoms with Crippen LogP contribution >= 0.6 is 15.9 Å². The first kappa shape index (κ1) is 13.6. The van der Waals surface area contributed by atoms with Gasteiger partial charge in [0.25, 0.3) is 0 Å². The van der Waals surface area contributed by atoms with Gasteiger partial charge in [-0.15, -0.1) is 0 Å². The molecule has 2 rings (SSSR count). The molecule has 3 nitrogen and oxygen atoms in total. The zero-order chi connectivity index (χ0) is 13.0. The van der Waals surface area contributed by atoms with E-state index in [0.29, 0.717) is 12.5 Å². The molecule has 1 aromatic rings. The van der Waals surface area contributed by atoms with E-state index in [1.165, 1.54) is 5.56 Å². The van der Waals surface area contributed by atoms with Crippen molar-refractivity contribution in [3.63, 3.8) is 0 Å². The van der Waals surface area contributed by atoms with Gasteiger partial charge in [0, 0.05) is 30.0 Å². The average Bonchev–Trinajstić information content (AvgIpc) is 3.17. The number of rotatable bonds is 6. The van der Waals surface area contributed by atoms with Crippen molar-refractivity contribution in [2.75, 3.05) is 13.6 Å². The summed E-state index contributed by atoms with van der Waals surface area (Å²) in [6, 6.07) is 8.65. The normalized spacial score (nSPS) is 14.6. The van der Waals surface area contributed by atoms with Crippen LogP contribution in [-0.4, -0.2) is 30.4 Å². The van der Waals surface area contributed by atoms with E-state index in [4.69, 9.17) is 0 Å². The second kappa shape index (κ2) is 6.34. The van der Waals surface area contributed by atoms with Gasteiger partial charge in [0.2, 0.25) is 5.91 Å². The lowest BCUT2D eigenvalue weighted by molar-refractivity contribution is -0.132. The molecule has 4 heteroatoms. The Morgan fingerprint density at radius 2 is 2.28 bits per heavy atom. The Labute approximate surface area is 117 Å². The molecule has 0 unspecified atom stereocenters. The summed E-state index contributed by atoms with van der Waals surface area (Å²) in [5.41, 5.74) is 1.19. The molecule has 0 saturated heterocycles. The number of benzene rings is 1. The third kappa shape index (κ3) is 3.82. The molecule has 1 fully saturated rings. The predicted octanol–water partition coefficient (Wildman–Crippen LogP) is 2.55. The zero-order valence-electron chi connectivity index (χ0n) is 10.7. The van der Waals surface area contributed by atoms with Crippen molar-refractivity contribution in [3.05, 3.63) is 34.3 Å². The van der Waals surface area contributed by atoms with Crippen LogP contribution < -0.4 is 5.32 Å². The van der Waals surface area contributed by atoms with E-state index in [-0.39, 0.29) is 5.91 Å². The third-order valence-corrected chi connectivity index (χ3v) is 3.63. The van der Waals surface area contributed by atoms with Gasteiger partial charge in [0.15, 0.2) is 0 Å². The Morgan fingerprint density at radius 3 is 2.89 bits per heavy atom. The first-order valence-corrected chi connectivity index (χ1v) is 7.18. The van der Waals surface area contributed by atoms with Crippen LogP contribution in [0, 0.1) is 0 Å². The van der Waals surface area contributed by atoms with Crippen molar-refractivity contribution in [2.24, 2.45) is 0 Å². The van der Waals surface area contributed by atoms with Crippen LogP contribution in [0.5, 0.6) is 0 Å². The van der Waals surface area contributed by atoms with Gasteiger partial charge in [-0.2, -0.15) is 0 Å². The first-order valence-electron chi connectivity index (χ1n) is 6.39. The maximum Gasteiger partial charge on any atom is 0.224 e. The fourth-order valence-corrected chi connectivity index (χ4v) is 2.46. The molecule has 0 radical (unpaired) electrons. The molecule has 1 saturated carbocycles. The van der Waals surface area contributed by atoms with Crippen molar-refractivity contribution >= 4 is 21.8 Å². The molecule has 1 aromatic carbocycles. The summed E-state index contributed by atoms with van der Waals surface area (Å²) < 4.78 is 1.07. The van der Waals surface area contributed by atoms with Gasteiger partial charge < -0.3 is 10.2 Å². The maximum absolute atomic E-state index is 12.1. The van der Waals surface area contributed by atoms with Crippen molar-refractivity contribution in [1.82, 2.24) is 10.2 Å². The molecule has 0 bridgehead atoms. The molecule has 0 aliphatic heterocycles. The SMILES string of the molecule is CNCCC(=O)N(Cc1cccc(Br)c1)C1CC1. The third-order valence-electron chi connectivity index (χ3n) is 3.14. The van der Waals surface area contributed by atoms with Crippen molar-refractivity contribution in [2.45, 2.75) is 31.8 Å². The Balaban J connectivity index is 2.00. The lowest BCUT2D eigenvalue weighted by Crippen LogP contribution is -2.34. The Bertz CT molecular complexity index is 418. The lowest BCUT2D eigenvalue weighted by Gasteiger charge is -2.22. The summed E-state index contributed by atoms with van der Waals surface area (Å²) in [4.78, 5) is 14.2. The number of halogens is 1. The van der Waals surface area contributed by atoms with Gasteiger partial charge in [-0.3, -0.25) is 4.79 Å². The molecular weight excluding hydrogens is 292 g/mol. The maximum atomic E-state index is 12.1. The lowest BCUT2D eigenvalue weighted by atomic mass is 10.2. The molecule has 1 aliphatic rings. The smallest absolute Gasteiger partial charge is 0.224 e. The number of carbonyl (C=O) groups excluding carboxylic acids is 1. The molecule has 18 heavy (non-hydrogen) atoms. The summed E-state index contributed by atoms with van der Waals surface area (Å²) in [7, 11) is 1.88. The molecule has 98 valence electrons. The molecular formula is C14H19BrN2O. The van der Waals surface area contributed by atoms with E-state index in [2.05, 4.69) is 33.4 Å².